The molecule has 0 aliphatic heterocycles. The van der Waals surface area contributed by atoms with Gasteiger partial charge in [0.2, 0.25) is 0 Å². The quantitative estimate of drug-likeness (QED) is 0.632. The molecule has 2 aromatic carbocycles. The topological polar surface area (TPSA) is 17.8 Å². The van der Waals surface area contributed by atoms with Crippen molar-refractivity contribution in [1.82, 2.24) is 9.55 Å². The van der Waals surface area contributed by atoms with Crippen molar-refractivity contribution in [2.75, 3.05) is 0 Å². The SMILES string of the molecule is Clc1ccc(-n2cnc3ccccc32)c(CBr)c1. The maximum absolute atomic E-state index is 6.03. The Morgan fingerprint density at radius 3 is 2.83 bits per heavy atom. The Hall–Kier alpha value is -1.32. The van der Waals surface area contributed by atoms with Crippen molar-refractivity contribution in [1.29, 1.82) is 0 Å². The van der Waals surface area contributed by atoms with Crippen molar-refractivity contribution in [3.05, 3.63) is 59.4 Å². The number of halogens is 2. The molecule has 90 valence electrons. The molecule has 0 radical (unpaired) electrons. The maximum atomic E-state index is 6.03. The molecule has 0 amide bonds. The molecule has 0 saturated carbocycles. The Balaban J connectivity index is 2.26. The van der Waals surface area contributed by atoms with Crippen LogP contribution in [-0.4, -0.2) is 9.55 Å². The van der Waals surface area contributed by atoms with Gasteiger partial charge in [-0.3, -0.25) is 4.57 Å². The molecule has 0 bridgehead atoms. The van der Waals surface area contributed by atoms with Crippen LogP contribution in [0.1, 0.15) is 5.56 Å². The van der Waals surface area contributed by atoms with E-state index >= 15 is 0 Å². The molecule has 18 heavy (non-hydrogen) atoms. The average Bonchev–Trinajstić information content (AvgIpc) is 2.82. The molecule has 4 heteroatoms. The third kappa shape index (κ3) is 1.93. The van der Waals surface area contributed by atoms with Crippen LogP contribution in [0.3, 0.4) is 0 Å². The minimum absolute atomic E-state index is 0.748. The van der Waals surface area contributed by atoms with E-state index < -0.39 is 0 Å². The molecule has 3 rings (SSSR count). The molecular formula is C14H10BrClN2. The lowest BCUT2D eigenvalue weighted by Gasteiger charge is -2.09. The molecule has 0 atom stereocenters. The van der Waals surface area contributed by atoms with Crippen molar-refractivity contribution < 1.29 is 0 Å². The largest absolute Gasteiger partial charge is 0.299 e. The van der Waals surface area contributed by atoms with Crippen LogP contribution in [0, 0.1) is 0 Å². The Bertz CT molecular complexity index is 706. The summed E-state index contributed by atoms with van der Waals surface area (Å²) in [5, 5.41) is 1.51. The van der Waals surface area contributed by atoms with Crippen LogP contribution < -0.4 is 0 Å². The highest BCUT2D eigenvalue weighted by atomic mass is 79.9. The Labute approximate surface area is 118 Å². The Morgan fingerprint density at radius 2 is 2.00 bits per heavy atom. The fraction of sp³-hybridized carbons (Fsp3) is 0.0714. The van der Waals surface area contributed by atoms with Crippen molar-refractivity contribution in [3.63, 3.8) is 0 Å². The summed E-state index contributed by atoms with van der Waals surface area (Å²) in [6.45, 7) is 0. The lowest BCUT2D eigenvalue weighted by Crippen LogP contribution is -1.96. The number of para-hydroxylation sites is 2. The van der Waals surface area contributed by atoms with Gasteiger partial charge in [0.05, 0.1) is 16.7 Å². The molecule has 1 heterocycles. The first-order valence-electron chi connectivity index (χ1n) is 5.56. The summed E-state index contributed by atoms with van der Waals surface area (Å²) in [5.74, 6) is 0. The molecule has 0 unspecified atom stereocenters. The first-order chi connectivity index (χ1) is 8.79. The van der Waals surface area contributed by atoms with Gasteiger partial charge in [0.1, 0.15) is 6.33 Å². The molecule has 0 spiro atoms. The van der Waals surface area contributed by atoms with Crippen LogP contribution in [0.4, 0.5) is 0 Å². The first kappa shape index (κ1) is 11.8. The second-order valence-electron chi connectivity index (χ2n) is 4.01. The summed E-state index contributed by atoms with van der Waals surface area (Å²) in [5.41, 5.74) is 4.34. The predicted octanol–water partition coefficient (Wildman–Crippen LogP) is 4.57. The molecular weight excluding hydrogens is 312 g/mol. The molecule has 0 aliphatic rings. The van der Waals surface area contributed by atoms with Gasteiger partial charge in [-0.2, -0.15) is 0 Å². The van der Waals surface area contributed by atoms with Crippen LogP contribution in [0.5, 0.6) is 0 Å². The number of hydrogen-bond acceptors (Lipinski definition) is 1. The molecule has 0 aliphatic carbocycles. The number of nitrogens with zero attached hydrogens (tertiary/aromatic N) is 2. The fourth-order valence-electron chi connectivity index (χ4n) is 2.05. The lowest BCUT2D eigenvalue weighted by molar-refractivity contribution is 1.07. The van der Waals surface area contributed by atoms with Crippen molar-refractivity contribution in [2.45, 2.75) is 5.33 Å². The van der Waals surface area contributed by atoms with Gasteiger partial charge < -0.3 is 0 Å². The maximum Gasteiger partial charge on any atom is 0.100 e. The fourth-order valence-corrected chi connectivity index (χ4v) is 2.69. The predicted molar refractivity (Wildman–Crippen MR) is 78.7 cm³/mol. The number of benzene rings is 2. The summed E-state index contributed by atoms with van der Waals surface area (Å²) in [6, 6.07) is 14.0. The molecule has 0 saturated heterocycles. The zero-order valence-electron chi connectivity index (χ0n) is 9.48. The highest BCUT2D eigenvalue weighted by Gasteiger charge is 2.08. The van der Waals surface area contributed by atoms with Crippen LogP contribution in [-0.2, 0) is 5.33 Å². The third-order valence-corrected chi connectivity index (χ3v) is 3.74. The number of fused-ring (bicyclic) bond motifs is 1. The molecule has 0 N–H and O–H groups in total. The summed E-state index contributed by atoms with van der Waals surface area (Å²) in [7, 11) is 0. The summed E-state index contributed by atoms with van der Waals surface area (Å²) in [4.78, 5) is 4.41. The van der Waals surface area contributed by atoms with E-state index in [0.717, 1.165) is 32.6 Å². The zero-order chi connectivity index (χ0) is 12.5. The average molecular weight is 322 g/mol. The first-order valence-corrected chi connectivity index (χ1v) is 7.06. The summed E-state index contributed by atoms with van der Waals surface area (Å²) < 4.78 is 2.09. The molecule has 3 aromatic rings. The third-order valence-electron chi connectivity index (χ3n) is 2.90. The van der Waals surface area contributed by atoms with E-state index in [9.17, 15) is 0 Å². The van der Waals surface area contributed by atoms with E-state index in [0.29, 0.717) is 0 Å². The van der Waals surface area contributed by atoms with E-state index in [2.05, 4.69) is 31.5 Å². The van der Waals surface area contributed by atoms with Gasteiger partial charge in [-0.05, 0) is 35.9 Å². The minimum atomic E-state index is 0.748. The lowest BCUT2D eigenvalue weighted by atomic mass is 10.2. The number of alkyl halides is 1. The summed E-state index contributed by atoms with van der Waals surface area (Å²) >= 11 is 9.53. The van der Waals surface area contributed by atoms with Crippen LogP contribution in [0.25, 0.3) is 16.7 Å². The van der Waals surface area contributed by atoms with Gasteiger partial charge in [-0.1, -0.05) is 39.7 Å². The minimum Gasteiger partial charge on any atom is -0.299 e. The molecule has 0 fully saturated rings. The van der Waals surface area contributed by atoms with Crippen LogP contribution in [0.15, 0.2) is 48.8 Å². The van der Waals surface area contributed by atoms with E-state index in [1.807, 2.05) is 42.7 Å². The van der Waals surface area contributed by atoms with Gasteiger partial charge in [0, 0.05) is 10.4 Å². The Kier molecular flexibility index (Phi) is 3.10. The van der Waals surface area contributed by atoms with E-state index in [-0.39, 0.29) is 0 Å². The van der Waals surface area contributed by atoms with Crippen molar-refractivity contribution in [2.24, 2.45) is 0 Å². The van der Waals surface area contributed by atoms with Gasteiger partial charge >= 0.3 is 0 Å². The highest BCUT2D eigenvalue weighted by molar-refractivity contribution is 9.08. The van der Waals surface area contributed by atoms with Gasteiger partial charge in [0.15, 0.2) is 0 Å². The number of aromatic nitrogens is 2. The molecule has 2 nitrogen and oxygen atoms in total. The highest BCUT2D eigenvalue weighted by Crippen LogP contribution is 2.25. The second kappa shape index (κ2) is 4.75. The summed E-state index contributed by atoms with van der Waals surface area (Å²) in [6.07, 6.45) is 1.85. The van der Waals surface area contributed by atoms with E-state index in [4.69, 9.17) is 11.6 Å². The zero-order valence-corrected chi connectivity index (χ0v) is 11.8. The van der Waals surface area contributed by atoms with Crippen molar-refractivity contribution in [3.8, 4) is 5.69 Å². The van der Waals surface area contributed by atoms with Gasteiger partial charge in [-0.15, -0.1) is 0 Å². The van der Waals surface area contributed by atoms with Crippen LogP contribution >= 0.6 is 27.5 Å². The second-order valence-corrected chi connectivity index (χ2v) is 5.01. The monoisotopic (exact) mass is 320 g/mol. The Morgan fingerprint density at radius 1 is 1.17 bits per heavy atom. The number of hydrogen-bond donors (Lipinski definition) is 0. The van der Waals surface area contributed by atoms with Crippen molar-refractivity contribution >= 4 is 38.6 Å². The molecule has 1 aromatic heterocycles. The number of imidazole rings is 1. The normalized spacial score (nSPS) is 11.0. The van der Waals surface area contributed by atoms with Gasteiger partial charge in [0.25, 0.3) is 0 Å². The smallest absolute Gasteiger partial charge is 0.100 e. The number of rotatable bonds is 2. The van der Waals surface area contributed by atoms with E-state index in [1.165, 1.54) is 0 Å². The standard InChI is InChI=1S/C14H10BrClN2/c15-8-10-7-11(16)5-6-13(10)18-9-17-12-3-1-2-4-14(12)18/h1-7,9H,8H2. The van der Waals surface area contributed by atoms with E-state index in [1.54, 1.807) is 0 Å². The van der Waals surface area contributed by atoms with Crippen LogP contribution in [0.2, 0.25) is 5.02 Å². The van der Waals surface area contributed by atoms with Gasteiger partial charge in [-0.25, -0.2) is 4.98 Å².